The van der Waals surface area contributed by atoms with Crippen molar-refractivity contribution in [2.24, 2.45) is 5.41 Å². The first-order valence-corrected chi connectivity index (χ1v) is 4.92. The first-order chi connectivity index (χ1) is 5.57. The first-order valence-electron chi connectivity index (χ1n) is 4.92. The molecule has 0 aromatic rings. The fourth-order valence-electron chi connectivity index (χ4n) is 2.01. The normalized spacial score (nSPS) is 25.7. The molecule has 0 atom stereocenters. The second-order valence-electron chi connectivity index (χ2n) is 4.54. The Balaban J connectivity index is 2.86. The highest BCUT2D eigenvalue weighted by Crippen LogP contribution is 2.38. The van der Waals surface area contributed by atoms with E-state index in [1.54, 1.807) is 5.57 Å². The smallest absolute Gasteiger partial charge is 0.0227 e. The molecule has 0 heterocycles. The summed E-state index contributed by atoms with van der Waals surface area (Å²) in [5.41, 5.74) is 3.62. The van der Waals surface area contributed by atoms with Crippen LogP contribution in [0.5, 0.6) is 0 Å². The molecule has 0 unspecified atom stereocenters. The first kappa shape index (κ1) is 9.57. The average molecular weight is 164 g/mol. The Hall–Kier alpha value is -0.520. The van der Waals surface area contributed by atoms with Gasteiger partial charge in [0.05, 0.1) is 0 Å². The van der Waals surface area contributed by atoms with E-state index >= 15 is 0 Å². The highest BCUT2D eigenvalue weighted by Gasteiger charge is 2.23. The van der Waals surface area contributed by atoms with E-state index in [2.05, 4.69) is 39.8 Å². The van der Waals surface area contributed by atoms with E-state index in [1.807, 2.05) is 0 Å². The van der Waals surface area contributed by atoms with Crippen LogP contribution in [0.3, 0.4) is 0 Å². The van der Waals surface area contributed by atoms with Gasteiger partial charge in [-0.25, -0.2) is 0 Å². The van der Waals surface area contributed by atoms with Crippen LogP contribution in [-0.2, 0) is 0 Å². The van der Waals surface area contributed by atoms with Crippen molar-refractivity contribution < 1.29 is 0 Å². The number of hydrogen-bond acceptors (Lipinski definition) is 0. The maximum absolute atomic E-state index is 2.38. The highest BCUT2D eigenvalue weighted by molar-refractivity contribution is 5.29. The van der Waals surface area contributed by atoms with Crippen molar-refractivity contribution in [2.75, 3.05) is 0 Å². The molecular formula is C12H20. The molecule has 0 aromatic heterocycles. The molecule has 0 bridgehead atoms. The summed E-state index contributed by atoms with van der Waals surface area (Å²) in [6, 6.07) is 0. The van der Waals surface area contributed by atoms with Gasteiger partial charge in [0.2, 0.25) is 0 Å². The molecule has 0 saturated heterocycles. The Morgan fingerprint density at radius 1 is 1.42 bits per heavy atom. The summed E-state index contributed by atoms with van der Waals surface area (Å²) in [5, 5.41) is 0. The van der Waals surface area contributed by atoms with E-state index in [9.17, 15) is 0 Å². The van der Waals surface area contributed by atoms with Crippen LogP contribution < -0.4 is 0 Å². The predicted molar refractivity (Wildman–Crippen MR) is 55.1 cm³/mol. The van der Waals surface area contributed by atoms with Gasteiger partial charge in [0, 0.05) is 0 Å². The van der Waals surface area contributed by atoms with Gasteiger partial charge in [-0.15, -0.1) is 0 Å². The summed E-state index contributed by atoms with van der Waals surface area (Å²) in [6.45, 7) is 9.11. The Morgan fingerprint density at radius 2 is 2.08 bits per heavy atom. The van der Waals surface area contributed by atoms with Crippen LogP contribution in [0.2, 0.25) is 0 Å². The number of allylic oxidation sites excluding steroid dienone is 4. The van der Waals surface area contributed by atoms with Crippen molar-refractivity contribution in [2.45, 2.75) is 47.0 Å². The molecule has 0 aromatic carbocycles. The quantitative estimate of drug-likeness (QED) is 0.547. The number of rotatable bonds is 1. The summed E-state index contributed by atoms with van der Waals surface area (Å²) in [5.74, 6) is 0. The van der Waals surface area contributed by atoms with Crippen LogP contribution in [0.25, 0.3) is 0 Å². The van der Waals surface area contributed by atoms with Gasteiger partial charge in [0.15, 0.2) is 0 Å². The molecule has 0 fully saturated rings. The second-order valence-corrected chi connectivity index (χ2v) is 4.54. The van der Waals surface area contributed by atoms with Crippen LogP contribution in [0.1, 0.15) is 47.0 Å². The lowest BCUT2D eigenvalue weighted by molar-refractivity contribution is 0.348. The predicted octanol–water partition coefficient (Wildman–Crippen LogP) is 4.09. The molecule has 0 N–H and O–H groups in total. The fraction of sp³-hybridized carbons (Fsp3) is 0.667. The van der Waals surface area contributed by atoms with Crippen molar-refractivity contribution in [3.63, 3.8) is 0 Å². The van der Waals surface area contributed by atoms with Gasteiger partial charge in [-0.2, -0.15) is 0 Å². The molecule has 0 spiro atoms. The van der Waals surface area contributed by atoms with Gasteiger partial charge in [0.25, 0.3) is 0 Å². The molecule has 1 aliphatic carbocycles. The fourth-order valence-corrected chi connectivity index (χ4v) is 2.01. The largest absolute Gasteiger partial charge is 0.0844 e. The van der Waals surface area contributed by atoms with E-state index in [1.165, 1.54) is 24.8 Å². The number of hydrogen-bond donors (Lipinski definition) is 0. The zero-order chi connectivity index (χ0) is 9.19. The van der Waals surface area contributed by atoms with E-state index in [4.69, 9.17) is 0 Å². The minimum atomic E-state index is 0.488. The molecule has 12 heavy (non-hydrogen) atoms. The van der Waals surface area contributed by atoms with Gasteiger partial charge < -0.3 is 0 Å². The molecule has 0 amide bonds. The monoisotopic (exact) mass is 164 g/mol. The average Bonchev–Trinajstić information content (AvgIpc) is 2.01. The van der Waals surface area contributed by atoms with Gasteiger partial charge in [-0.05, 0) is 31.6 Å². The summed E-state index contributed by atoms with van der Waals surface area (Å²) in [6.07, 6.45) is 8.36. The SMILES string of the molecule is C/C=C1/C=C(CC)CC(C)(C)C1. The van der Waals surface area contributed by atoms with Crippen molar-refractivity contribution in [1.29, 1.82) is 0 Å². The van der Waals surface area contributed by atoms with E-state index < -0.39 is 0 Å². The minimum Gasteiger partial charge on any atom is -0.0844 e. The topological polar surface area (TPSA) is 0 Å². The van der Waals surface area contributed by atoms with Crippen molar-refractivity contribution >= 4 is 0 Å². The molecule has 0 nitrogen and oxygen atoms in total. The van der Waals surface area contributed by atoms with Crippen molar-refractivity contribution in [1.82, 2.24) is 0 Å². The van der Waals surface area contributed by atoms with E-state index in [-0.39, 0.29) is 0 Å². The molecule has 0 saturated carbocycles. The van der Waals surface area contributed by atoms with E-state index in [0.29, 0.717) is 5.41 Å². The molecule has 0 aliphatic heterocycles. The zero-order valence-corrected chi connectivity index (χ0v) is 8.78. The molecule has 0 radical (unpaired) electrons. The summed E-state index contributed by atoms with van der Waals surface area (Å²) < 4.78 is 0. The third kappa shape index (κ3) is 2.23. The Bertz CT molecular complexity index is 216. The maximum Gasteiger partial charge on any atom is -0.0227 e. The van der Waals surface area contributed by atoms with Crippen LogP contribution in [0.15, 0.2) is 23.3 Å². The molecular weight excluding hydrogens is 144 g/mol. The summed E-state index contributed by atoms with van der Waals surface area (Å²) in [4.78, 5) is 0. The maximum atomic E-state index is 2.38. The van der Waals surface area contributed by atoms with Gasteiger partial charge in [-0.3, -0.25) is 0 Å². The third-order valence-electron chi connectivity index (χ3n) is 2.60. The lowest BCUT2D eigenvalue weighted by Crippen LogP contribution is -2.16. The zero-order valence-electron chi connectivity index (χ0n) is 8.78. The Kier molecular flexibility index (Phi) is 2.76. The molecule has 0 heteroatoms. The van der Waals surface area contributed by atoms with Gasteiger partial charge >= 0.3 is 0 Å². The second kappa shape index (κ2) is 3.47. The van der Waals surface area contributed by atoms with Crippen molar-refractivity contribution in [3.05, 3.63) is 23.3 Å². The third-order valence-corrected chi connectivity index (χ3v) is 2.60. The molecule has 68 valence electrons. The Labute approximate surface area is 76.4 Å². The van der Waals surface area contributed by atoms with Crippen LogP contribution >= 0.6 is 0 Å². The van der Waals surface area contributed by atoms with Crippen LogP contribution in [0, 0.1) is 5.41 Å². The van der Waals surface area contributed by atoms with Crippen molar-refractivity contribution in [3.8, 4) is 0 Å². The highest BCUT2D eigenvalue weighted by atomic mass is 14.3. The van der Waals surface area contributed by atoms with Gasteiger partial charge in [-0.1, -0.05) is 44.1 Å². The minimum absolute atomic E-state index is 0.488. The summed E-state index contributed by atoms with van der Waals surface area (Å²) in [7, 11) is 0. The van der Waals surface area contributed by atoms with Crippen LogP contribution in [0.4, 0.5) is 0 Å². The standard InChI is InChI=1S/C12H20/c1-5-10-7-11(6-2)9-12(3,4)8-10/h5,7H,6,8-9H2,1-4H3/b10-5-. The van der Waals surface area contributed by atoms with E-state index in [0.717, 1.165) is 0 Å². The lowest BCUT2D eigenvalue weighted by Gasteiger charge is -2.31. The Morgan fingerprint density at radius 3 is 2.58 bits per heavy atom. The molecule has 1 aliphatic rings. The molecule has 1 rings (SSSR count). The van der Waals surface area contributed by atoms with Gasteiger partial charge in [0.1, 0.15) is 0 Å². The van der Waals surface area contributed by atoms with Crippen LogP contribution in [-0.4, -0.2) is 0 Å². The lowest BCUT2D eigenvalue weighted by atomic mass is 9.75. The summed E-state index contributed by atoms with van der Waals surface area (Å²) >= 11 is 0.